The summed E-state index contributed by atoms with van der Waals surface area (Å²) in [6, 6.07) is 0. The van der Waals surface area contributed by atoms with E-state index >= 15 is 0 Å². The summed E-state index contributed by atoms with van der Waals surface area (Å²) in [6.07, 6.45) is 4.20. The number of hydrogen-bond acceptors (Lipinski definition) is 1. The van der Waals surface area contributed by atoms with Crippen molar-refractivity contribution in [3.63, 3.8) is 0 Å². The summed E-state index contributed by atoms with van der Waals surface area (Å²) >= 11 is 0. The Balaban J connectivity index is 2.21. The summed E-state index contributed by atoms with van der Waals surface area (Å²) < 4.78 is 0. The maximum atomic E-state index is 3.52. The predicted octanol–water partition coefficient (Wildman–Crippen LogP) is 3.06. The Morgan fingerprint density at radius 3 is 2.46 bits per heavy atom. The molecule has 1 N–H and O–H groups in total. The highest BCUT2D eigenvalue weighted by Crippen LogP contribution is 2.27. The first-order valence-electron chi connectivity index (χ1n) is 5.68. The lowest BCUT2D eigenvalue weighted by Crippen LogP contribution is -2.35. The van der Waals surface area contributed by atoms with E-state index in [9.17, 15) is 0 Å². The number of nitrogens with one attached hydrogen (secondary N) is 1. The molecule has 0 radical (unpaired) electrons. The van der Waals surface area contributed by atoms with E-state index in [2.05, 4.69) is 33.0 Å². The van der Waals surface area contributed by atoms with Gasteiger partial charge in [0.05, 0.1) is 0 Å². The van der Waals surface area contributed by atoms with Gasteiger partial charge < -0.3 is 5.32 Å². The molecule has 1 saturated heterocycles. The Morgan fingerprint density at radius 1 is 1.23 bits per heavy atom. The Kier molecular flexibility index (Phi) is 3.78. The predicted molar refractivity (Wildman–Crippen MR) is 58.8 cm³/mol. The lowest BCUT2D eigenvalue weighted by molar-refractivity contribution is 0.249. The smallest absolute Gasteiger partial charge is 0.00203 e. The maximum absolute atomic E-state index is 3.52. The van der Waals surface area contributed by atoms with E-state index in [1.807, 2.05) is 0 Å². The van der Waals surface area contributed by atoms with Crippen LogP contribution < -0.4 is 5.32 Å². The second-order valence-electron chi connectivity index (χ2n) is 5.96. The van der Waals surface area contributed by atoms with E-state index in [1.165, 1.54) is 32.4 Å². The van der Waals surface area contributed by atoms with Gasteiger partial charge in [-0.3, -0.25) is 0 Å². The van der Waals surface area contributed by atoms with Gasteiger partial charge in [0.15, 0.2) is 0 Å². The lowest BCUT2D eigenvalue weighted by Gasteiger charge is -2.30. The molecule has 1 aliphatic heterocycles. The number of rotatable bonds is 2. The van der Waals surface area contributed by atoms with Gasteiger partial charge in [0.25, 0.3) is 0 Å². The van der Waals surface area contributed by atoms with Crippen molar-refractivity contribution in [3.8, 4) is 0 Å². The molecule has 0 amide bonds. The van der Waals surface area contributed by atoms with Gasteiger partial charge in [-0.1, -0.05) is 27.7 Å². The third-order valence-electron chi connectivity index (χ3n) is 2.96. The van der Waals surface area contributed by atoms with Crippen LogP contribution in [0.3, 0.4) is 0 Å². The van der Waals surface area contributed by atoms with Crippen LogP contribution in [0.25, 0.3) is 0 Å². The highest BCUT2D eigenvalue weighted by molar-refractivity contribution is 4.75. The van der Waals surface area contributed by atoms with Crippen molar-refractivity contribution in [1.82, 2.24) is 5.32 Å². The number of hydrogen-bond donors (Lipinski definition) is 1. The van der Waals surface area contributed by atoms with Gasteiger partial charge in [-0.25, -0.2) is 0 Å². The Bertz CT molecular complexity index is 146. The minimum absolute atomic E-state index is 0.515. The van der Waals surface area contributed by atoms with Crippen LogP contribution in [0.2, 0.25) is 0 Å². The van der Waals surface area contributed by atoms with E-state index in [0.29, 0.717) is 5.41 Å². The molecule has 13 heavy (non-hydrogen) atoms. The number of piperidine rings is 1. The van der Waals surface area contributed by atoms with Crippen LogP contribution in [-0.2, 0) is 0 Å². The first-order valence-corrected chi connectivity index (χ1v) is 5.68. The molecular weight excluding hydrogens is 158 g/mol. The highest BCUT2D eigenvalue weighted by Gasteiger charge is 2.20. The second kappa shape index (κ2) is 4.45. The summed E-state index contributed by atoms with van der Waals surface area (Å²) in [6.45, 7) is 11.9. The van der Waals surface area contributed by atoms with E-state index in [0.717, 1.165) is 11.8 Å². The second-order valence-corrected chi connectivity index (χ2v) is 5.96. The van der Waals surface area contributed by atoms with Crippen molar-refractivity contribution in [1.29, 1.82) is 0 Å². The van der Waals surface area contributed by atoms with Crippen molar-refractivity contribution in [3.05, 3.63) is 0 Å². The van der Waals surface area contributed by atoms with Crippen LogP contribution in [0, 0.1) is 17.3 Å². The highest BCUT2D eigenvalue weighted by atomic mass is 14.9. The molecule has 0 aliphatic carbocycles. The van der Waals surface area contributed by atoms with Crippen molar-refractivity contribution >= 4 is 0 Å². The molecule has 0 aromatic rings. The van der Waals surface area contributed by atoms with Crippen molar-refractivity contribution in [2.45, 2.75) is 47.0 Å². The molecule has 1 heterocycles. The quantitative estimate of drug-likeness (QED) is 0.694. The molecule has 2 unspecified atom stereocenters. The molecule has 1 aliphatic rings. The molecule has 1 fully saturated rings. The topological polar surface area (TPSA) is 12.0 Å². The van der Waals surface area contributed by atoms with Crippen molar-refractivity contribution in [2.75, 3.05) is 13.1 Å². The molecule has 0 spiro atoms. The Morgan fingerprint density at radius 2 is 1.92 bits per heavy atom. The van der Waals surface area contributed by atoms with Crippen molar-refractivity contribution in [2.24, 2.45) is 17.3 Å². The first kappa shape index (κ1) is 11.0. The minimum atomic E-state index is 0.515. The molecule has 2 atom stereocenters. The summed E-state index contributed by atoms with van der Waals surface area (Å²) in [7, 11) is 0. The van der Waals surface area contributed by atoms with E-state index in [-0.39, 0.29) is 0 Å². The van der Waals surface area contributed by atoms with Gasteiger partial charge in [0, 0.05) is 0 Å². The summed E-state index contributed by atoms with van der Waals surface area (Å²) in [5.41, 5.74) is 0.515. The largest absolute Gasteiger partial charge is 0.316 e. The maximum Gasteiger partial charge on any atom is -0.00203 e. The third kappa shape index (κ3) is 4.66. The van der Waals surface area contributed by atoms with Gasteiger partial charge in [0.1, 0.15) is 0 Å². The monoisotopic (exact) mass is 183 g/mol. The molecule has 78 valence electrons. The fraction of sp³-hybridized carbons (Fsp3) is 1.00. The van der Waals surface area contributed by atoms with Crippen LogP contribution in [0.5, 0.6) is 0 Å². The molecule has 0 aromatic carbocycles. The third-order valence-corrected chi connectivity index (χ3v) is 2.96. The Labute approximate surface area is 83.3 Å². The standard InChI is InChI=1S/C12H25N/c1-10-7-11(9-13-8-10)5-6-12(2,3)4/h10-11,13H,5-9H2,1-4H3. The van der Waals surface area contributed by atoms with Gasteiger partial charge in [-0.05, 0) is 49.6 Å². The SMILES string of the molecule is CC1CNCC(CCC(C)(C)C)C1. The summed E-state index contributed by atoms with van der Waals surface area (Å²) in [5.74, 6) is 1.82. The molecule has 0 bridgehead atoms. The zero-order valence-corrected chi connectivity index (χ0v) is 9.69. The molecule has 1 nitrogen and oxygen atoms in total. The van der Waals surface area contributed by atoms with E-state index in [4.69, 9.17) is 0 Å². The average molecular weight is 183 g/mol. The zero-order valence-electron chi connectivity index (χ0n) is 9.69. The van der Waals surface area contributed by atoms with Crippen LogP contribution >= 0.6 is 0 Å². The molecule has 1 rings (SSSR count). The van der Waals surface area contributed by atoms with E-state index in [1.54, 1.807) is 0 Å². The molecular formula is C12H25N. The molecule has 0 aromatic heterocycles. The van der Waals surface area contributed by atoms with Crippen molar-refractivity contribution < 1.29 is 0 Å². The molecule has 0 saturated carbocycles. The van der Waals surface area contributed by atoms with Crippen LogP contribution in [0.4, 0.5) is 0 Å². The fourth-order valence-electron chi connectivity index (χ4n) is 2.13. The van der Waals surface area contributed by atoms with Gasteiger partial charge in [-0.2, -0.15) is 0 Å². The molecule has 1 heteroatoms. The lowest BCUT2D eigenvalue weighted by atomic mass is 9.82. The average Bonchev–Trinajstić information content (AvgIpc) is 2.00. The van der Waals surface area contributed by atoms with Crippen LogP contribution in [-0.4, -0.2) is 13.1 Å². The fourth-order valence-corrected chi connectivity index (χ4v) is 2.13. The van der Waals surface area contributed by atoms with Gasteiger partial charge in [-0.15, -0.1) is 0 Å². The van der Waals surface area contributed by atoms with Gasteiger partial charge in [0.2, 0.25) is 0 Å². The van der Waals surface area contributed by atoms with E-state index < -0.39 is 0 Å². The first-order chi connectivity index (χ1) is 5.97. The summed E-state index contributed by atoms with van der Waals surface area (Å²) in [4.78, 5) is 0. The zero-order chi connectivity index (χ0) is 9.90. The van der Waals surface area contributed by atoms with Crippen LogP contribution in [0.1, 0.15) is 47.0 Å². The Hall–Kier alpha value is -0.0400. The minimum Gasteiger partial charge on any atom is -0.316 e. The van der Waals surface area contributed by atoms with Gasteiger partial charge >= 0.3 is 0 Å². The normalized spacial score (nSPS) is 30.5. The summed E-state index contributed by atoms with van der Waals surface area (Å²) in [5, 5.41) is 3.52. The van der Waals surface area contributed by atoms with Crippen LogP contribution in [0.15, 0.2) is 0 Å².